The van der Waals surface area contributed by atoms with Crippen molar-refractivity contribution in [3.05, 3.63) is 114 Å². The molecule has 8 heteroatoms. The third-order valence-corrected chi connectivity index (χ3v) is 5.87. The average Bonchev–Trinajstić information content (AvgIpc) is 2.95. The Labute approximate surface area is 218 Å². The first-order valence-electron chi connectivity index (χ1n) is 11.9. The molecule has 0 unspecified atom stereocenters. The number of aliphatic hydroxyl groups excluding tert-OH is 1. The first-order valence-corrected chi connectivity index (χ1v) is 11.9. The number of ether oxygens (including phenoxy) is 2. The van der Waals surface area contributed by atoms with E-state index in [0.29, 0.717) is 45.1 Å². The number of aryl methyl sites for hydroxylation is 1. The van der Waals surface area contributed by atoms with Crippen LogP contribution in [0.5, 0.6) is 17.2 Å². The van der Waals surface area contributed by atoms with E-state index in [2.05, 4.69) is 15.3 Å². The Balaban J connectivity index is 1.58. The molecule has 0 aliphatic rings. The minimum Gasteiger partial charge on any atom is -0.495 e. The Morgan fingerprint density at radius 1 is 1.00 bits per heavy atom. The lowest BCUT2D eigenvalue weighted by molar-refractivity contribution is 0.102. The van der Waals surface area contributed by atoms with Crippen LogP contribution in [0.3, 0.4) is 0 Å². The van der Waals surface area contributed by atoms with E-state index in [9.17, 15) is 9.90 Å². The van der Waals surface area contributed by atoms with Gasteiger partial charge in [-0.1, -0.05) is 30.3 Å². The standard InChI is InChI=1S/C30H25N3O5/c1-19-28-24(20(18-34)17-31-19)16-25(29(35)33-26-10-6-7-11-27(26)36-2)30(38-28)32-21-12-14-23(15-13-21)37-22-8-4-3-5-9-22/h3-17,34H,18H2,1-2H3,(H,33,35). The highest BCUT2D eigenvalue weighted by Crippen LogP contribution is 2.26. The summed E-state index contributed by atoms with van der Waals surface area (Å²) in [5.41, 5.74) is 2.93. The van der Waals surface area contributed by atoms with Gasteiger partial charge in [0.25, 0.3) is 5.91 Å². The zero-order valence-corrected chi connectivity index (χ0v) is 20.8. The van der Waals surface area contributed by atoms with Crippen molar-refractivity contribution >= 4 is 28.3 Å². The predicted octanol–water partition coefficient (Wildman–Crippen LogP) is 5.91. The van der Waals surface area contributed by atoms with Gasteiger partial charge in [-0.3, -0.25) is 9.78 Å². The van der Waals surface area contributed by atoms with Gasteiger partial charge in [0, 0.05) is 17.1 Å². The number of carbonyl (C=O) groups is 1. The number of hydrogen-bond acceptors (Lipinski definition) is 7. The molecule has 0 saturated heterocycles. The van der Waals surface area contributed by atoms with E-state index in [4.69, 9.17) is 13.9 Å². The number of rotatable bonds is 7. The van der Waals surface area contributed by atoms with Crippen LogP contribution in [0, 0.1) is 6.92 Å². The molecule has 0 aliphatic heterocycles. The molecule has 8 nitrogen and oxygen atoms in total. The van der Waals surface area contributed by atoms with Crippen LogP contribution in [-0.2, 0) is 6.61 Å². The lowest BCUT2D eigenvalue weighted by Crippen LogP contribution is -2.22. The van der Waals surface area contributed by atoms with Crippen LogP contribution in [0.15, 0.2) is 101 Å². The molecule has 190 valence electrons. The molecule has 1 amide bonds. The van der Waals surface area contributed by atoms with Crippen molar-refractivity contribution in [3.63, 3.8) is 0 Å². The molecule has 0 radical (unpaired) electrons. The van der Waals surface area contributed by atoms with E-state index in [-0.39, 0.29) is 17.7 Å². The summed E-state index contributed by atoms with van der Waals surface area (Å²) in [6.45, 7) is 1.54. The van der Waals surface area contributed by atoms with Crippen LogP contribution < -0.4 is 20.3 Å². The zero-order chi connectivity index (χ0) is 26.5. The second kappa shape index (κ2) is 11.0. The van der Waals surface area contributed by atoms with Crippen LogP contribution in [-0.4, -0.2) is 23.1 Å². The van der Waals surface area contributed by atoms with E-state index >= 15 is 0 Å². The summed E-state index contributed by atoms with van der Waals surface area (Å²) in [7, 11) is 1.53. The molecular weight excluding hydrogens is 482 g/mol. The van der Waals surface area contributed by atoms with Gasteiger partial charge >= 0.3 is 0 Å². The van der Waals surface area contributed by atoms with Crippen LogP contribution in [0.4, 0.5) is 11.4 Å². The molecule has 2 N–H and O–H groups in total. The van der Waals surface area contributed by atoms with Gasteiger partial charge < -0.3 is 24.3 Å². The minimum absolute atomic E-state index is 0.0987. The maximum atomic E-state index is 13.5. The zero-order valence-electron chi connectivity index (χ0n) is 20.8. The van der Waals surface area contributed by atoms with E-state index in [1.165, 1.54) is 7.11 Å². The van der Waals surface area contributed by atoms with Gasteiger partial charge in [-0.05, 0) is 61.5 Å². The predicted molar refractivity (Wildman–Crippen MR) is 144 cm³/mol. The van der Waals surface area contributed by atoms with Crippen LogP contribution >= 0.6 is 0 Å². The summed E-state index contributed by atoms with van der Waals surface area (Å²) >= 11 is 0. The van der Waals surface area contributed by atoms with Gasteiger partial charge in [0.1, 0.15) is 22.8 Å². The highest BCUT2D eigenvalue weighted by Gasteiger charge is 2.17. The number of pyridine rings is 1. The molecule has 2 aromatic heterocycles. The van der Waals surface area contributed by atoms with E-state index in [1.807, 2.05) is 36.4 Å². The first-order chi connectivity index (χ1) is 18.6. The van der Waals surface area contributed by atoms with Gasteiger partial charge in [0.05, 0.1) is 30.8 Å². The third-order valence-electron chi connectivity index (χ3n) is 5.87. The summed E-state index contributed by atoms with van der Waals surface area (Å²) in [6.07, 6.45) is 1.57. The Hall–Kier alpha value is -4.95. The van der Waals surface area contributed by atoms with E-state index in [1.54, 1.807) is 61.7 Å². The molecule has 0 aliphatic carbocycles. The van der Waals surface area contributed by atoms with Crippen molar-refractivity contribution in [1.29, 1.82) is 0 Å². The lowest BCUT2D eigenvalue weighted by atomic mass is 10.1. The van der Waals surface area contributed by atoms with Gasteiger partial charge in [0.15, 0.2) is 5.58 Å². The quantitative estimate of drug-likeness (QED) is 0.284. The number of fused-ring (bicyclic) bond motifs is 1. The number of carbonyl (C=O) groups excluding carboxylic acids is 1. The maximum Gasteiger partial charge on any atom is 0.261 e. The van der Waals surface area contributed by atoms with Crippen molar-refractivity contribution < 1.29 is 23.8 Å². The highest BCUT2D eigenvalue weighted by atomic mass is 16.5. The van der Waals surface area contributed by atoms with E-state index in [0.717, 1.165) is 5.75 Å². The monoisotopic (exact) mass is 507 g/mol. The van der Waals surface area contributed by atoms with Crippen LogP contribution in [0.1, 0.15) is 21.6 Å². The van der Waals surface area contributed by atoms with Crippen molar-refractivity contribution in [2.24, 2.45) is 4.99 Å². The van der Waals surface area contributed by atoms with Crippen molar-refractivity contribution in [2.75, 3.05) is 12.4 Å². The third kappa shape index (κ3) is 5.25. The number of nitrogens with one attached hydrogen (secondary N) is 1. The number of benzene rings is 3. The van der Waals surface area contributed by atoms with Gasteiger partial charge in [0.2, 0.25) is 5.55 Å². The molecule has 0 spiro atoms. The summed E-state index contributed by atoms with van der Waals surface area (Å²) in [6, 6.07) is 25.4. The molecule has 3 aromatic carbocycles. The number of nitrogens with zero attached hydrogens (tertiary/aromatic N) is 2. The van der Waals surface area contributed by atoms with Crippen molar-refractivity contribution in [2.45, 2.75) is 13.5 Å². The second-order valence-electron chi connectivity index (χ2n) is 8.41. The topological polar surface area (TPSA) is 106 Å². The van der Waals surface area contributed by atoms with Crippen LogP contribution in [0.25, 0.3) is 11.0 Å². The number of methoxy groups -OCH3 is 1. The molecule has 0 fully saturated rings. The summed E-state index contributed by atoms with van der Waals surface area (Å²) in [5.74, 6) is 1.44. The van der Waals surface area contributed by atoms with E-state index < -0.39 is 5.91 Å². The summed E-state index contributed by atoms with van der Waals surface area (Å²) < 4.78 is 17.4. The maximum absolute atomic E-state index is 13.5. The molecule has 0 atom stereocenters. The first kappa shape index (κ1) is 24.7. The number of aromatic nitrogens is 1. The highest BCUT2D eigenvalue weighted by molar-refractivity contribution is 6.06. The normalized spacial score (nSPS) is 11.4. The van der Waals surface area contributed by atoms with Crippen LogP contribution in [0.2, 0.25) is 0 Å². The second-order valence-corrected chi connectivity index (χ2v) is 8.41. The largest absolute Gasteiger partial charge is 0.495 e. The molecule has 5 aromatic rings. The summed E-state index contributed by atoms with van der Waals surface area (Å²) in [4.78, 5) is 22.4. The number of aliphatic hydroxyl groups is 1. The molecule has 2 heterocycles. The SMILES string of the molecule is COc1ccccc1NC(=O)c1cc2c(CO)cnc(C)c2oc1=Nc1ccc(Oc2ccccc2)cc1. The van der Waals surface area contributed by atoms with Crippen molar-refractivity contribution in [3.8, 4) is 17.2 Å². The molecule has 0 saturated carbocycles. The van der Waals surface area contributed by atoms with Gasteiger partial charge in [-0.15, -0.1) is 0 Å². The van der Waals surface area contributed by atoms with Gasteiger partial charge in [-0.2, -0.15) is 0 Å². The molecule has 38 heavy (non-hydrogen) atoms. The number of amides is 1. The smallest absolute Gasteiger partial charge is 0.261 e. The lowest BCUT2D eigenvalue weighted by Gasteiger charge is -2.12. The molecule has 5 rings (SSSR count). The molecular formula is C30H25N3O5. The number of hydrogen-bond donors (Lipinski definition) is 2. The Morgan fingerprint density at radius 2 is 1.71 bits per heavy atom. The van der Waals surface area contributed by atoms with Crippen molar-refractivity contribution in [1.82, 2.24) is 4.98 Å². The fourth-order valence-electron chi connectivity index (χ4n) is 3.93. The molecule has 0 bridgehead atoms. The fraction of sp³-hybridized carbons (Fsp3) is 0.100. The minimum atomic E-state index is -0.443. The Bertz CT molecular complexity index is 1660. The average molecular weight is 508 g/mol. The Morgan fingerprint density at radius 3 is 2.45 bits per heavy atom. The Kier molecular flexibility index (Phi) is 7.15. The number of para-hydroxylation sites is 3. The fourth-order valence-corrected chi connectivity index (χ4v) is 3.93. The number of anilines is 1. The summed E-state index contributed by atoms with van der Waals surface area (Å²) in [5, 5.41) is 13.3. The van der Waals surface area contributed by atoms with Gasteiger partial charge in [-0.25, -0.2) is 4.99 Å².